The largest absolute Gasteiger partial charge is 0.381 e. The SMILES string of the molecule is CC1=Cc2cccc(C(C)C)c2NC1. The molecule has 0 aliphatic carbocycles. The van der Waals surface area contributed by atoms with Crippen LogP contribution in [0.4, 0.5) is 5.69 Å². The van der Waals surface area contributed by atoms with Crippen molar-refractivity contribution >= 4 is 11.8 Å². The molecule has 0 saturated heterocycles. The average Bonchev–Trinajstić information content (AvgIpc) is 2.16. The van der Waals surface area contributed by atoms with Crippen LogP contribution in [0.5, 0.6) is 0 Å². The first-order chi connectivity index (χ1) is 6.68. The van der Waals surface area contributed by atoms with Crippen LogP contribution in [0.15, 0.2) is 23.8 Å². The van der Waals surface area contributed by atoms with Crippen LogP contribution in [0.1, 0.15) is 37.8 Å². The first-order valence-electron chi connectivity index (χ1n) is 5.22. The maximum atomic E-state index is 3.49. The second-order valence-corrected chi connectivity index (χ2v) is 4.31. The Balaban J connectivity index is 2.53. The van der Waals surface area contributed by atoms with Gasteiger partial charge in [-0.05, 0) is 24.0 Å². The number of benzene rings is 1. The number of hydrogen-bond acceptors (Lipinski definition) is 1. The smallest absolute Gasteiger partial charge is 0.0451 e. The Bertz CT molecular complexity index is 375. The van der Waals surface area contributed by atoms with E-state index >= 15 is 0 Å². The first-order valence-corrected chi connectivity index (χ1v) is 5.22. The van der Waals surface area contributed by atoms with Gasteiger partial charge in [0, 0.05) is 12.2 Å². The Labute approximate surface area is 85.8 Å². The summed E-state index contributed by atoms with van der Waals surface area (Å²) in [6, 6.07) is 6.53. The quantitative estimate of drug-likeness (QED) is 0.707. The summed E-state index contributed by atoms with van der Waals surface area (Å²) in [5, 5.41) is 3.49. The maximum Gasteiger partial charge on any atom is 0.0451 e. The Morgan fingerprint density at radius 3 is 2.79 bits per heavy atom. The summed E-state index contributed by atoms with van der Waals surface area (Å²) >= 11 is 0. The summed E-state index contributed by atoms with van der Waals surface area (Å²) in [5.41, 5.74) is 5.48. The van der Waals surface area contributed by atoms with Gasteiger partial charge in [0.15, 0.2) is 0 Å². The minimum atomic E-state index is 0.587. The molecule has 74 valence electrons. The van der Waals surface area contributed by atoms with Gasteiger partial charge in [-0.25, -0.2) is 0 Å². The van der Waals surface area contributed by atoms with Gasteiger partial charge in [0.05, 0.1) is 0 Å². The molecule has 1 heteroatoms. The molecule has 2 rings (SSSR count). The third-order valence-corrected chi connectivity index (χ3v) is 2.70. The lowest BCUT2D eigenvalue weighted by molar-refractivity contribution is 0.865. The standard InChI is InChI=1S/C13H17N/c1-9(2)12-6-4-5-11-7-10(3)8-14-13(11)12/h4-7,9,14H,8H2,1-3H3. The van der Waals surface area contributed by atoms with Gasteiger partial charge in [-0.15, -0.1) is 0 Å². The van der Waals surface area contributed by atoms with Gasteiger partial charge < -0.3 is 5.32 Å². The summed E-state index contributed by atoms with van der Waals surface area (Å²) in [6.45, 7) is 7.62. The zero-order valence-corrected chi connectivity index (χ0v) is 9.09. The van der Waals surface area contributed by atoms with Gasteiger partial charge in [-0.2, -0.15) is 0 Å². The van der Waals surface area contributed by atoms with Crippen molar-refractivity contribution in [3.8, 4) is 0 Å². The topological polar surface area (TPSA) is 12.0 Å². The molecule has 1 N–H and O–H groups in total. The summed E-state index contributed by atoms with van der Waals surface area (Å²) in [4.78, 5) is 0. The van der Waals surface area contributed by atoms with Gasteiger partial charge in [0.25, 0.3) is 0 Å². The average molecular weight is 187 g/mol. The molecule has 0 aromatic heterocycles. The minimum absolute atomic E-state index is 0.587. The number of anilines is 1. The van der Waals surface area contributed by atoms with Gasteiger partial charge in [0.1, 0.15) is 0 Å². The molecule has 0 atom stereocenters. The fraction of sp³-hybridized carbons (Fsp3) is 0.385. The third kappa shape index (κ3) is 1.54. The van der Waals surface area contributed by atoms with Crippen molar-refractivity contribution in [3.05, 3.63) is 34.9 Å². The van der Waals surface area contributed by atoms with Crippen LogP contribution < -0.4 is 5.32 Å². The van der Waals surface area contributed by atoms with Crippen molar-refractivity contribution in [2.45, 2.75) is 26.7 Å². The van der Waals surface area contributed by atoms with Crippen molar-refractivity contribution in [2.24, 2.45) is 0 Å². The lowest BCUT2D eigenvalue weighted by Crippen LogP contribution is -2.11. The van der Waals surface area contributed by atoms with E-state index in [4.69, 9.17) is 0 Å². The normalized spacial score (nSPS) is 14.7. The van der Waals surface area contributed by atoms with E-state index in [1.54, 1.807) is 0 Å². The summed E-state index contributed by atoms with van der Waals surface area (Å²) in [7, 11) is 0. The Morgan fingerprint density at radius 2 is 2.07 bits per heavy atom. The number of hydrogen-bond donors (Lipinski definition) is 1. The Hall–Kier alpha value is -1.24. The van der Waals surface area contributed by atoms with E-state index in [9.17, 15) is 0 Å². The van der Waals surface area contributed by atoms with Gasteiger partial charge in [-0.3, -0.25) is 0 Å². The van der Waals surface area contributed by atoms with E-state index in [2.05, 4.69) is 50.4 Å². The van der Waals surface area contributed by atoms with E-state index in [0.29, 0.717) is 5.92 Å². The molecule has 1 heterocycles. The third-order valence-electron chi connectivity index (χ3n) is 2.70. The molecule has 1 aromatic carbocycles. The van der Waals surface area contributed by atoms with Crippen LogP contribution in [-0.2, 0) is 0 Å². The van der Waals surface area contributed by atoms with Crippen molar-refractivity contribution in [1.29, 1.82) is 0 Å². The lowest BCUT2D eigenvalue weighted by atomic mass is 9.95. The number of para-hydroxylation sites is 1. The first kappa shape index (κ1) is 9.32. The molecule has 0 bridgehead atoms. The van der Waals surface area contributed by atoms with E-state index in [1.807, 2.05) is 0 Å². The molecule has 1 nitrogen and oxygen atoms in total. The molecule has 0 fully saturated rings. The zero-order chi connectivity index (χ0) is 10.1. The van der Waals surface area contributed by atoms with Gasteiger partial charge in [-0.1, -0.05) is 43.7 Å². The number of nitrogens with one attached hydrogen (secondary N) is 1. The van der Waals surface area contributed by atoms with Crippen LogP contribution in [0.3, 0.4) is 0 Å². The molecule has 0 amide bonds. The van der Waals surface area contributed by atoms with E-state index in [1.165, 1.54) is 22.4 Å². The van der Waals surface area contributed by atoms with E-state index < -0.39 is 0 Å². The maximum absolute atomic E-state index is 3.49. The van der Waals surface area contributed by atoms with Crippen molar-refractivity contribution in [1.82, 2.24) is 0 Å². The molecule has 1 aromatic rings. The van der Waals surface area contributed by atoms with Crippen LogP contribution in [0, 0.1) is 0 Å². The summed E-state index contributed by atoms with van der Waals surface area (Å²) < 4.78 is 0. The Kier molecular flexibility index (Phi) is 2.32. The molecule has 14 heavy (non-hydrogen) atoms. The molecule has 1 aliphatic heterocycles. The van der Waals surface area contributed by atoms with Crippen molar-refractivity contribution in [3.63, 3.8) is 0 Å². The van der Waals surface area contributed by atoms with E-state index in [-0.39, 0.29) is 0 Å². The van der Waals surface area contributed by atoms with Crippen LogP contribution >= 0.6 is 0 Å². The second-order valence-electron chi connectivity index (χ2n) is 4.31. The fourth-order valence-corrected chi connectivity index (χ4v) is 1.94. The monoisotopic (exact) mass is 187 g/mol. The molecule has 1 aliphatic rings. The molecular formula is C13H17N. The number of fused-ring (bicyclic) bond motifs is 1. The fourth-order valence-electron chi connectivity index (χ4n) is 1.94. The summed E-state index contributed by atoms with van der Waals surface area (Å²) in [5.74, 6) is 0.587. The highest BCUT2D eigenvalue weighted by atomic mass is 14.9. The minimum Gasteiger partial charge on any atom is -0.381 e. The second kappa shape index (κ2) is 3.49. The molecule has 0 unspecified atom stereocenters. The van der Waals surface area contributed by atoms with Crippen LogP contribution in [-0.4, -0.2) is 6.54 Å². The van der Waals surface area contributed by atoms with Gasteiger partial charge in [0.2, 0.25) is 0 Å². The molecule has 0 radical (unpaired) electrons. The molecule has 0 spiro atoms. The highest BCUT2D eigenvalue weighted by molar-refractivity contribution is 5.75. The van der Waals surface area contributed by atoms with Gasteiger partial charge >= 0.3 is 0 Å². The lowest BCUT2D eigenvalue weighted by Gasteiger charge is -2.21. The predicted octanol–water partition coefficient (Wildman–Crippen LogP) is 3.64. The highest BCUT2D eigenvalue weighted by Crippen LogP contribution is 2.31. The summed E-state index contributed by atoms with van der Waals surface area (Å²) in [6.07, 6.45) is 2.28. The Morgan fingerprint density at radius 1 is 1.29 bits per heavy atom. The number of rotatable bonds is 1. The zero-order valence-electron chi connectivity index (χ0n) is 9.09. The van der Waals surface area contributed by atoms with Crippen LogP contribution in [0.25, 0.3) is 6.08 Å². The highest BCUT2D eigenvalue weighted by Gasteiger charge is 2.12. The van der Waals surface area contributed by atoms with Crippen LogP contribution in [0.2, 0.25) is 0 Å². The predicted molar refractivity (Wildman–Crippen MR) is 62.7 cm³/mol. The van der Waals surface area contributed by atoms with Crippen molar-refractivity contribution < 1.29 is 0 Å². The molecular weight excluding hydrogens is 170 g/mol. The molecule has 0 saturated carbocycles. The van der Waals surface area contributed by atoms with E-state index in [0.717, 1.165) is 6.54 Å². The van der Waals surface area contributed by atoms with Crippen molar-refractivity contribution in [2.75, 3.05) is 11.9 Å².